The molecule has 2 aliphatic rings. The molecule has 5 rings (SSSR count). The van der Waals surface area contributed by atoms with Gasteiger partial charge in [-0.1, -0.05) is 19.3 Å². The van der Waals surface area contributed by atoms with Gasteiger partial charge in [0.1, 0.15) is 16.3 Å². The molecule has 33 heavy (non-hydrogen) atoms. The predicted octanol–water partition coefficient (Wildman–Crippen LogP) is 4.05. The fourth-order valence-corrected chi connectivity index (χ4v) is 6.22. The molecule has 0 amide bonds. The highest BCUT2D eigenvalue weighted by Crippen LogP contribution is 2.38. The van der Waals surface area contributed by atoms with Crippen molar-refractivity contribution in [1.29, 1.82) is 0 Å². The molecule has 9 heteroatoms. The maximum absolute atomic E-state index is 10.7. The molecule has 176 valence electrons. The number of thiazole rings is 1. The molecule has 3 atom stereocenters. The first kappa shape index (κ1) is 22.4. The molecule has 2 saturated carbocycles. The predicted molar refractivity (Wildman–Crippen MR) is 132 cm³/mol. The molecule has 0 saturated heterocycles. The summed E-state index contributed by atoms with van der Waals surface area (Å²) in [6.45, 7) is 3.95. The Morgan fingerprint density at radius 1 is 1.00 bits per heavy atom. The molecule has 2 fully saturated rings. The quantitative estimate of drug-likeness (QED) is 0.428. The molecule has 0 spiro atoms. The van der Waals surface area contributed by atoms with Crippen LogP contribution in [0.5, 0.6) is 0 Å². The lowest BCUT2D eigenvalue weighted by Gasteiger charge is -2.25. The van der Waals surface area contributed by atoms with Crippen molar-refractivity contribution < 1.29 is 10.2 Å². The van der Waals surface area contributed by atoms with Crippen LogP contribution < -0.4 is 10.6 Å². The number of hydrogen-bond acceptors (Lipinski definition) is 9. The lowest BCUT2D eigenvalue weighted by Crippen LogP contribution is -2.34. The second-order valence-corrected chi connectivity index (χ2v) is 10.4. The Bertz CT molecular complexity index is 1130. The maximum atomic E-state index is 10.7. The fourth-order valence-electron chi connectivity index (χ4n) is 5.11. The van der Waals surface area contributed by atoms with Crippen molar-refractivity contribution in [1.82, 2.24) is 19.9 Å². The van der Waals surface area contributed by atoms with Crippen LogP contribution in [0.15, 0.2) is 12.3 Å². The van der Waals surface area contributed by atoms with Gasteiger partial charge in [-0.25, -0.2) is 9.97 Å². The zero-order chi connectivity index (χ0) is 22.9. The Balaban J connectivity index is 1.53. The number of nitrogens with one attached hydrogen (secondary N) is 2. The van der Waals surface area contributed by atoms with Crippen LogP contribution in [-0.4, -0.2) is 54.9 Å². The topological polar surface area (TPSA) is 116 Å². The SMILES string of the molecule is Cc1nc(NC2CCCCC2)nc(NC2CC[C@H](CO)[C@H]2O)c1-c1nc2c(C)nccc2s1. The molecule has 4 N–H and O–H groups in total. The second-order valence-electron chi connectivity index (χ2n) is 9.36. The van der Waals surface area contributed by atoms with Gasteiger partial charge in [-0.3, -0.25) is 4.98 Å². The lowest BCUT2D eigenvalue weighted by molar-refractivity contribution is 0.0846. The lowest BCUT2D eigenvalue weighted by atomic mass is 9.96. The molecule has 8 nitrogen and oxygen atoms in total. The minimum absolute atomic E-state index is 0.00631. The van der Waals surface area contributed by atoms with Crippen molar-refractivity contribution in [3.63, 3.8) is 0 Å². The van der Waals surface area contributed by atoms with Gasteiger partial charge in [0.25, 0.3) is 0 Å². The zero-order valence-electron chi connectivity index (χ0n) is 19.2. The number of anilines is 2. The van der Waals surface area contributed by atoms with Crippen molar-refractivity contribution in [2.24, 2.45) is 5.92 Å². The highest BCUT2D eigenvalue weighted by molar-refractivity contribution is 7.21. The summed E-state index contributed by atoms with van der Waals surface area (Å²) >= 11 is 1.60. The smallest absolute Gasteiger partial charge is 0.225 e. The average molecular weight is 469 g/mol. The van der Waals surface area contributed by atoms with Crippen LogP contribution in [0, 0.1) is 19.8 Å². The van der Waals surface area contributed by atoms with Gasteiger partial charge in [0.15, 0.2) is 0 Å². The Morgan fingerprint density at radius 2 is 1.82 bits per heavy atom. The van der Waals surface area contributed by atoms with Crippen molar-refractivity contribution in [3.8, 4) is 10.6 Å². The largest absolute Gasteiger partial charge is 0.396 e. The molecule has 3 heterocycles. The third-order valence-electron chi connectivity index (χ3n) is 7.03. The van der Waals surface area contributed by atoms with Crippen molar-refractivity contribution in [2.75, 3.05) is 17.2 Å². The number of aliphatic hydroxyl groups is 2. The first-order valence-corrected chi connectivity index (χ1v) is 12.8. The van der Waals surface area contributed by atoms with Crippen LogP contribution in [0.3, 0.4) is 0 Å². The van der Waals surface area contributed by atoms with E-state index in [2.05, 4.69) is 15.6 Å². The van der Waals surface area contributed by atoms with Gasteiger partial charge in [-0.15, -0.1) is 11.3 Å². The molecule has 1 unspecified atom stereocenters. The van der Waals surface area contributed by atoms with Crippen LogP contribution in [0.4, 0.5) is 11.8 Å². The summed E-state index contributed by atoms with van der Waals surface area (Å²) in [5.41, 5.74) is 3.51. The van der Waals surface area contributed by atoms with Gasteiger partial charge in [0.2, 0.25) is 5.95 Å². The van der Waals surface area contributed by atoms with E-state index in [1.807, 2.05) is 26.1 Å². The van der Waals surface area contributed by atoms with Crippen LogP contribution in [0.2, 0.25) is 0 Å². The van der Waals surface area contributed by atoms with Crippen molar-refractivity contribution >= 4 is 33.3 Å². The monoisotopic (exact) mass is 468 g/mol. The molecule has 3 aromatic heterocycles. The summed E-state index contributed by atoms with van der Waals surface area (Å²) in [5.74, 6) is 1.20. The van der Waals surface area contributed by atoms with E-state index >= 15 is 0 Å². The summed E-state index contributed by atoms with van der Waals surface area (Å²) in [6.07, 6.45) is 8.79. The molecule has 2 aliphatic carbocycles. The summed E-state index contributed by atoms with van der Waals surface area (Å²) in [7, 11) is 0. The van der Waals surface area contributed by atoms with Gasteiger partial charge >= 0.3 is 0 Å². The van der Waals surface area contributed by atoms with Crippen LogP contribution in [0.25, 0.3) is 20.8 Å². The third-order valence-corrected chi connectivity index (χ3v) is 8.07. The fraction of sp³-hybridized carbons (Fsp3) is 0.583. The number of pyridine rings is 1. The minimum Gasteiger partial charge on any atom is -0.396 e. The second kappa shape index (κ2) is 9.48. The first-order valence-electron chi connectivity index (χ1n) is 12.0. The molecule has 0 radical (unpaired) electrons. The minimum atomic E-state index is -0.616. The van der Waals surface area contributed by atoms with E-state index in [-0.39, 0.29) is 18.6 Å². The van der Waals surface area contributed by atoms with E-state index in [1.165, 1.54) is 19.3 Å². The van der Waals surface area contributed by atoms with Crippen molar-refractivity contribution in [3.05, 3.63) is 23.7 Å². The van der Waals surface area contributed by atoms with E-state index in [0.29, 0.717) is 17.8 Å². The number of aromatic nitrogens is 4. The standard InChI is InChI=1S/C24H32N6O2S/c1-13-19(23-29-20-14(2)25-11-10-18(20)33-23)22(28-17-9-8-15(12-31)21(17)32)30-24(26-13)27-16-6-4-3-5-7-16/h10-11,15-17,21,31-32H,3-9,12H2,1-2H3,(H2,26,27,28,30)/t15-,17?,21-/m1/s1. The zero-order valence-corrected chi connectivity index (χ0v) is 20.0. The molecule has 3 aromatic rings. The van der Waals surface area contributed by atoms with E-state index in [4.69, 9.17) is 15.0 Å². The average Bonchev–Trinajstić information content (AvgIpc) is 3.38. The summed E-state index contributed by atoms with van der Waals surface area (Å²) in [5, 5.41) is 28.2. The summed E-state index contributed by atoms with van der Waals surface area (Å²) in [4.78, 5) is 19.0. The Hall–Kier alpha value is -2.36. The first-order chi connectivity index (χ1) is 16.0. The number of hydrogen-bond donors (Lipinski definition) is 4. The Labute approximate surface area is 197 Å². The van der Waals surface area contributed by atoms with E-state index < -0.39 is 6.10 Å². The summed E-state index contributed by atoms with van der Waals surface area (Å²) < 4.78 is 1.08. The molecule has 0 bridgehead atoms. The van der Waals surface area contributed by atoms with Gasteiger partial charge in [0, 0.05) is 24.8 Å². The molecule has 0 aliphatic heterocycles. The highest BCUT2D eigenvalue weighted by Gasteiger charge is 2.35. The highest BCUT2D eigenvalue weighted by atomic mass is 32.1. The normalized spacial score (nSPS) is 23.8. The molecular formula is C24H32N6O2S. The number of aryl methyl sites for hydroxylation is 2. The number of rotatable bonds is 6. The number of fused-ring (bicyclic) bond motifs is 1. The third kappa shape index (κ3) is 4.54. The van der Waals surface area contributed by atoms with Gasteiger partial charge in [-0.2, -0.15) is 4.98 Å². The number of aliphatic hydroxyl groups excluding tert-OH is 2. The Kier molecular flexibility index (Phi) is 6.44. The van der Waals surface area contributed by atoms with Gasteiger partial charge < -0.3 is 20.8 Å². The number of nitrogens with zero attached hydrogens (tertiary/aromatic N) is 4. The maximum Gasteiger partial charge on any atom is 0.225 e. The van der Waals surface area contributed by atoms with Gasteiger partial charge in [0.05, 0.1) is 33.8 Å². The van der Waals surface area contributed by atoms with Gasteiger partial charge in [-0.05, 0) is 45.6 Å². The van der Waals surface area contributed by atoms with Crippen molar-refractivity contribution in [2.45, 2.75) is 77.0 Å². The molecular weight excluding hydrogens is 436 g/mol. The Morgan fingerprint density at radius 3 is 2.55 bits per heavy atom. The van der Waals surface area contributed by atoms with E-state index in [9.17, 15) is 10.2 Å². The van der Waals surface area contributed by atoms with Crippen LogP contribution in [-0.2, 0) is 0 Å². The van der Waals surface area contributed by atoms with E-state index in [1.54, 1.807) is 11.3 Å². The van der Waals surface area contributed by atoms with Crippen LogP contribution in [0.1, 0.15) is 56.3 Å². The molecule has 0 aromatic carbocycles. The van der Waals surface area contributed by atoms with E-state index in [0.717, 1.165) is 57.9 Å². The summed E-state index contributed by atoms with van der Waals surface area (Å²) in [6, 6.07) is 2.21. The van der Waals surface area contributed by atoms with Crippen LogP contribution >= 0.6 is 11.3 Å².